The van der Waals surface area contributed by atoms with Gasteiger partial charge in [-0.05, 0) is 19.8 Å². The van der Waals surface area contributed by atoms with Crippen molar-refractivity contribution in [1.29, 1.82) is 0 Å². The van der Waals surface area contributed by atoms with Crippen LogP contribution in [0.4, 0.5) is 0 Å². The van der Waals surface area contributed by atoms with Gasteiger partial charge in [0.15, 0.2) is 0 Å². The Hall–Kier alpha value is -0.450. The van der Waals surface area contributed by atoms with Gasteiger partial charge in [0.2, 0.25) is 0 Å². The van der Waals surface area contributed by atoms with Crippen molar-refractivity contribution in [1.82, 2.24) is 10.3 Å². The van der Waals surface area contributed by atoms with Crippen LogP contribution < -0.4 is 5.32 Å². The van der Waals surface area contributed by atoms with E-state index in [0.29, 0.717) is 12.1 Å². The zero-order valence-corrected chi connectivity index (χ0v) is 10.6. The van der Waals surface area contributed by atoms with Crippen LogP contribution in [-0.4, -0.2) is 24.2 Å². The van der Waals surface area contributed by atoms with E-state index >= 15 is 0 Å². The van der Waals surface area contributed by atoms with Crippen molar-refractivity contribution in [3.63, 3.8) is 0 Å². The van der Waals surface area contributed by atoms with Crippen LogP contribution in [0.2, 0.25) is 0 Å². The van der Waals surface area contributed by atoms with Crippen LogP contribution >= 0.6 is 11.3 Å². The predicted molar refractivity (Wildman–Crippen MR) is 66.7 cm³/mol. The molecule has 0 bridgehead atoms. The Morgan fingerprint density at radius 3 is 3.06 bits per heavy atom. The molecule has 3 nitrogen and oxygen atoms in total. The quantitative estimate of drug-likeness (QED) is 0.776. The van der Waals surface area contributed by atoms with E-state index in [1.807, 2.05) is 11.6 Å². The van der Waals surface area contributed by atoms with Crippen LogP contribution in [0.3, 0.4) is 0 Å². The minimum Gasteiger partial charge on any atom is -0.377 e. The van der Waals surface area contributed by atoms with Crippen molar-refractivity contribution in [2.24, 2.45) is 0 Å². The van der Waals surface area contributed by atoms with Gasteiger partial charge in [0.1, 0.15) is 5.01 Å². The summed E-state index contributed by atoms with van der Waals surface area (Å²) in [5.41, 5.74) is 0. The largest absolute Gasteiger partial charge is 0.377 e. The van der Waals surface area contributed by atoms with E-state index in [1.54, 1.807) is 11.3 Å². The lowest BCUT2D eigenvalue weighted by Gasteiger charge is -2.14. The average molecular weight is 240 g/mol. The minimum atomic E-state index is 0.340. The van der Waals surface area contributed by atoms with Crippen LogP contribution in [0.25, 0.3) is 0 Å². The molecule has 1 fully saturated rings. The van der Waals surface area contributed by atoms with Crippen molar-refractivity contribution < 1.29 is 4.74 Å². The average Bonchev–Trinajstić information content (AvgIpc) is 2.96. The summed E-state index contributed by atoms with van der Waals surface area (Å²) >= 11 is 1.70. The fourth-order valence-corrected chi connectivity index (χ4v) is 2.76. The Morgan fingerprint density at radius 2 is 2.38 bits per heavy atom. The number of nitrogens with zero attached hydrogens (tertiary/aromatic N) is 1. The molecule has 1 N–H and O–H groups in total. The molecule has 0 aliphatic heterocycles. The highest BCUT2D eigenvalue weighted by Gasteiger charge is 2.15. The number of nitrogens with one attached hydrogen (secondary N) is 1. The maximum absolute atomic E-state index is 5.79. The van der Waals surface area contributed by atoms with Gasteiger partial charge < -0.3 is 10.1 Å². The van der Waals surface area contributed by atoms with Gasteiger partial charge in [0, 0.05) is 18.1 Å². The van der Waals surface area contributed by atoms with Crippen LogP contribution in [0.1, 0.15) is 43.7 Å². The summed E-state index contributed by atoms with van der Waals surface area (Å²) in [6.07, 6.45) is 7.57. The zero-order valence-electron chi connectivity index (χ0n) is 9.82. The third-order valence-corrected chi connectivity index (χ3v) is 3.99. The Morgan fingerprint density at radius 1 is 1.56 bits per heavy atom. The van der Waals surface area contributed by atoms with Crippen molar-refractivity contribution in [3.05, 3.63) is 16.6 Å². The first-order chi connectivity index (χ1) is 7.86. The first kappa shape index (κ1) is 12.0. The lowest BCUT2D eigenvalue weighted by molar-refractivity contribution is 0.0593. The van der Waals surface area contributed by atoms with E-state index in [-0.39, 0.29) is 0 Å². The van der Waals surface area contributed by atoms with Gasteiger partial charge in [0.05, 0.1) is 18.8 Å². The molecule has 1 saturated carbocycles. The second-order valence-electron chi connectivity index (χ2n) is 4.32. The number of rotatable bonds is 6. The molecule has 2 rings (SSSR count). The van der Waals surface area contributed by atoms with Crippen molar-refractivity contribution in [2.75, 3.05) is 13.2 Å². The molecule has 1 aromatic rings. The molecule has 1 unspecified atom stereocenters. The Bertz CT molecular complexity index is 283. The van der Waals surface area contributed by atoms with Gasteiger partial charge in [-0.3, -0.25) is 0 Å². The Labute approximate surface area is 101 Å². The van der Waals surface area contributed by atoms with E-state index in [0.717, 1.165) is 18.2 Å². The zero-order chi connectivity index (χ0) is 11.2. The molecule has 4 heteroatoms. The summed E-state index contributed by atoms with van der Waals surface area (Å²) in [6, 6.07) is 0.340. The van der Waals surface area contributed by atoms with Gasteiger partial charge in [0.25, 0.3) is 0 Å². The molecule has 1 atom stereocenters. The molecular formula is C12H20N2OS. The summed E-state index contributed by atoms with van der Waals surface area (Å²) in [4.78, 5) is 4.29. The molecule has 0 saturated heterocycles. The molecule has 90 valence electrons. The van der Waals surface area contributed by atoms with Crippen molar-refractivity contribution >= 4 is 11.3 Å². The van der Waals surface area contributed by atoms with Gasteiger partial charge in [-0.2, -0.15) is 0 Å². The molecule has 1 aliphatic carbocycles. The maximum atomic E-state index is 5.79. The number of hydrogen-bond acceptors (Lipinski definition) is 4. The van der Waals surface area contributed by atoms with Crippen LogP contribution in [0.15, 0.2) is 11.6 Å². The fraction of sp³-hybridized carbons (Fsp3) is 0.750. The highest BCUT2D eigenvalue weighted by Crippen LogP contribution is 2.20. The SMILES string of the molecule is CC(NCCOC1CCCC1)c1nccs1. The predicted octanol–water partition coefficient (Wildman–Crippen LogP) is 2.75. The molecular weight excluding hydrogens is 220 g/mol. The topological polar surface area (TPSA) is 34.1 Å². The van der Waals surface area contributed by atoms with E-state index in [2.05, 4.69) is 17.2 Å². The highest BCUT2D eigenvalue weighted by molar-refractivity contribution is 7.09. The van der Waals surface area contributed by atoms with E-state index < -0.39 is 0 Å². The third kappa shape index (κ3) is 3.54. The van der Waals surface area contributed by atoms with Gasteiger partial charge >= 0.3 is 0 Å². The summed E-state index contributed by atoms with van der Waals surface area (Å²) in [7, 11) is 0. The fourth-order valence-electron chi connectivity index (χ4n) is 2.09. The monoisotopic (exact) mass is 240 g/mol. The summed E-state index contributed by atoms with van der Waals surface area (Å²) in [5, 5.41) is 6.60. The standard InChI is InChI=1S/C12H20N2OS/c1-10(12-14-7-9-16-12)13-6-8-15-11-4-2-3-5-11/h7,9-11,13H,2-6,8H2,1H3. The second-order valence-corrected chi connectivity index (χ2v) is 5.25. The Balaban J connectivity index is 1.57. The lowest BCUT2D eigenvalue weighted by Crippen LogP contribution is -2.24. The lowest BCUT2D eigenvalue weighted by atomic mass is 10.3. The van der Waals surface area contributed by atoms with E-state index in [9.17, 15) is 0 Å². The smallest absolute Gasteiger partial charge is 0.109 e. The summed E-state index contributed by atoms with van der Waals surface area (Å²) in [6.45, 7) is 3.88. The molecule has 0 spiro atoms. The second kappa shape index (κ2) is 6.33. The van der Waals surface area contributed by atoms with Gasteiger partial charge in [-0.25, -0.2) is 4.98 Å². The molecule has 0 radical (unpaired) electrons. The molecule has 0 amide bonds. The molecule has 1 aromatic heterocycles. The van der Waals surface area contributed by atoms with Crippen molar-refractivity contribution in [3.8, 4) is 0 Å². The first-order valence-electron chi connectivity index (χ1n) is 6.10. The van der Waals surface area contributed by atoms with E-state index in [4.69, 9.17) is 4.74 Å². The first-order valence-corrected chi connectivity index (χ1v) is 6.98. The van der Waals surface area contributed by atoms with E-state index in [1.165, 1.54) is 25.7 Å². The van der Waals surface area contributed by atoms with Crippen LogP contribution in [0, 0.1) is 0 Å². The third-order valence-electron chi connectivity index (χ3n) is 3.03. The summed E-state index contributed by atoms with van der Waals surface area (Å²) < 4.78 is 5.79. The van der Waals surface area contributed by atoms with Gasteiger partial charge in [-0.15, -0.1) is 11.3 Å². The molecule has 16 heavy (non-hydrogen) atoms. The van der Waals surface area contributed by atoms with Gasteiger partial charge in [-0.1, -0.05) is 12.8 Å². The molecule has 0 aromatic carbocycles. The number of thiazole rings is 1. The Kier molecular flexibility index (Phi) is 4.75. The summed E-state index contributed by atoms with van der Waals surface area (Å²) in [5.74, 6) is 0. The minimum absolute atomic E-state index is 0.340. The normalized spacial score (nSPS) is 19.1. The van der Waals surface area contributed by atoms with Crippen molar-refractivity contribution in [2.45, 2.75) is 44.8 Å². The van der Waals surface area contributed by atoms with Crippen LogP contribution in [0.5, 0.6) is 0 Å². The number of aromatic nitrogens is 1. The highest BCUT2D eigenvalue weighted by atomic mass is 32.1. The molecule has 1 heterocycles. The number of hydrogen-bond donors (Lipinski definition) is 1. The van der Waals surface area contributed by atoms with Crippen LogP contribution in [-0.2, 0) is 4.74 Å². The molecule has 1 aliphatic rings. The maximum Gasteiger partial charge on any atom is 0.109 e. The number of ether oxygens (including phenoxy) is 1.